The van der Waals surface area contributed by atoms with Crippen molar-refractivity contribution in [2.24, 2.45) is 5.92 Å². The SMILES string of the molecule is CC.Cc1c(Cl)cc(-c2ccc(C(=O)N3CCC(C(F)(F)F)CC3)cc2)cc1Cl.O=C1CCCN1C1CCC(O)CC1. The highest BCUT2D eigenvalue weighted by Gasteiger charge is 2.41. The lowest BCUT2D eigenvalue weighted by Gasteiger charge is -2.33. The molecule has 3 fully saturated rings. The molecule has 2 saturated heterocycles. The predicted molar refractivity (Wildman–Crippen MR) is 162 cm³/mol. The van der Waals surface area contributed by atoms with Crippen molar-refractivity contribution in [3.8, 4) is 11.1 Å². The number of likely N-dealkylation sites (tertiary alicyclic amines) is 2. The lowest BCUT2D eigenvalue weighted by atomic mass is 9.92. The number of hydrogen-bond donors (Lipinski definition) is 1. The van der Waals surface area contributed by atoms with Crippen molar-refractivity contribution in [2.75, 3.05) is 19.6 Å². The first-order chi connectivity index (χ1) is 19.9. The van der Waals surface area contributed by atoms with Crippen LogP contribution in [0.3, 0.4) is 0 Å². The van der Waals surface area contributed by atoms with Crippen LogP contribution < -0.4 is 0 Å². The van der Waals surface area contributed by atoms with Crippen LogP contribution in [0.2, 0.25) is 10.0 Å². The third-order valence-electron chi connectivity index (χ3n) is 8.21. The van der Waals surface area contributed by atoms with E-state index in [-0.39, 0.29) is 37.9 Å². The minimum Gasteiger partial charge on any atom is -0.393 e. The molecule has 5 rings (SSSR count). The normalized spacial score (nSPS) is 21.3. The van der Waals surface area contributed by atoms with Gasteiger partial charge in [0, 0.05) is 47.7 Å². The van der Waals surface area contributed by atoms with Crippen LogP contribution in [0.5, 0.6) is 0 Å². The van der Waals surface area contributed by atoms with Crippen LogP contribution in [-0.4, -0.2) is 64.7 Å². The van der Waals surface area contributed by atoms with Crippen molar-refractivity contribution in [3.63, 3.8) is 0 Å². The molecule has 1 aliphatic carbocycles. The second-order valence-electron chi connectivity index (χ2n) is 10.9. The summed E-state index contributed by atoms with van der Waals surface area (Å²) in [5.41, 5.74) is 2.94. The molecular weight excluding hydrogens is 588 g/mol. The van der Waals surface area contributed by atoms with E-state index >= 15 is 0 Å². The number of piperidine rings is 1. The maximum absolute atomic E-state index is 12.8. The summed E-state index contributed by atoms with van der Waals surface area (Å²) in [7, 11) is 0. The number of amides is 2. The van der Waals surface area contributed by atoms with E-state index in [4.69, 9.17) is 23.2 Å². The smallest absolute Gasteiger partial charge is 0.391 e. The van der Waals surface area contributed by atoms with E-state index in [9.17, 15) is 27.9 Å². The van der Waals surface area contributed by atoms with Gasteiger partial charge in [0.05, 0.1) is 12.0 Å². The average molecular weight is 630 g/mol. The van der Waals surface area contributed by atoms with Crippen LogP contribution in [-0.2, 0) is 4.79 Å². The Balaban J connectivity index is 0.000000269. The molecule has 0 atom stereocenters. The van der Waals surface area contributed by atoms with Crippen molar-refractivity contribution in [3.05, 3.63) is 57.6 Å². The first-order valence-electron chi connectivity index (χ1n) is 14.8. The van der Waals surface area contributed by atoms with Crippen molar-refractivity contribution in [2.45, 2.75) is 90.5 Å². The standard InChI is InChI=1S/C20H18Cl2F3NO.C10H17NO2.C2H6/c1-12-17(21)10-15(11-18(12)22)13-2-4-14(5-3-13)19(27)26-8-6-16(7-9-26)20(23,24)25;12-9-5-3-8(4-6-9)11-7-1-2-10(11)13;1-2/h2-5,10-11,16H,6-9H2,1H3;8-9,12H,1-7H2;1-2H3. The molecule has 5 nitrogen and oxygen atoms in total. The molecule has 0 aromatic heterocycles. The first kappa shape index (κ1) is 34.2. The van der Waals surface area contributed by atoms with Crippen molar-refractivity contribution >= 4 is 35.0 Å². The summed E-state index contributed by atoms with van der Waals surface area (Å²) in [6.45, 7) is 7.01. The molecule has 232 valence electrons. The van der Waals surface area contributed by atoms with Crippen molar-refractivity contribution in [1.82, 2.24) is 9.80 Å². The van der Waals surface area contributed by atoms with Gasteiger partial charge in [-0.05, 0) is 92.8 Å². The summed E-state index contributed by atoms with van der Waals surface area (Å²) >= 11 is 12.3. The predicted octanol–water partition coefficient (Wildman–Crippen LogP) is 8.32. The quantitative estimate of drug-likeness (QED) is 0.372. The fourth-order valence-corrected chi connectivity index (χ4v) is 6.12. The molecular formula is C32H41Cl2F3N2O3. The van der Waals surface area contributed by atoms with Gasteiger partial charge in [-0.3, -0.25) is 9.59 Å². The zero-order chi connectivity index (χ0) is 31.0. The second kappa shape index (κ2) is 15.4. The largest absolute Gasteiger partial charge is 0.393 e. The summed E-state index contributed by atoms with van der Waals surface area (Å²) in [4.78, 5) is 27.5. The summed E-state index contributed by atoms with van der Waals surface area (Å²) in [6.07, 6.45) is 1.09. The summed E-state index contributed by atoms with van der Waals surface area (Å²) < 4.78 is 38.3. The number of alkyl halides is 3. The molecule has 0 radical (unpaired) electrons. The van der Waals surface area contributed by atoms with Gasteiger partial charge in [0.25, 0.3) is 5.91 Å². The van der Waals surface area contributed by atoms with Gasteiger partial charge >= 0.3 is 6.18 Å². The highest BCUT2D eigenvalue weighted by atomic mass is 35.5. The Morgan fingerprint density at radius 1 is 0.881 bits per heavy atom. The highest BCUT2D eigenvalue weighted by molar-refractivity contribution is 6.36. The summed E-state index contributed by atoms with van der Waals surface area (Å²) in [5.74, 6) is -1.25. The number of rotatable bonds is 3. The number of aliphatic hydroxyl groups excluding tert-OH is 1. The number of halogens is 5. The van der Waals surface area contributed by atoms with E-state index < -0.39 is 12.1 Å². The zero-order valence-corrected chi connectivity index (χ0v) is 26.0. The number of nitrogens with zero attached hydrogens (tertiary/aromatic N) is 2. The van der Waals surface area contributed by atoms with E-state index in [1.807, 2.05) is 37.8 Å². The van der Waals surface area contributed by atoms with Gasteiger partial charge in [-0.25, -0.2) is 0 Å². The van der Waals surface area contributed by atoms with E-state index in [0.29, 0.717) is 27.6 Å². The molecule has 1 saturated carbocycles. The van der Waals surface area contributed by atoms with E-state index in [1.165, 1.54) is 4.90 Å². The lowest BCUT2D eigenvalue weighted by Crippen LogP contribution is -2.42. The van der Waals surface area contributed by atoms with E-state index in [2.05, 4.69) is 0 Å². The maximum atomic E-state index is 12.8. The second-order valence-corrected chi connectivity index (χ2v) is 11.7. The molecule has 42 heavy (non-hydrogen) atoms. The molecule has 0 bridgehead atoms. The van der Waals surface area contributed by atoms with Crippen molar-refractivity contribution < 1.29 is 27.9 Å². The minimum absolute atomic E-state index is 0.0479. The third kappa shape index (κ3) is 8.87. The van der Waals surface area contributed by atoms with Crippen LogP contribution in [0.1, 0.15) is 81.1 Å². The Bertz CT molecular complexity index is 1170. The first-order valence-corrected chi connectivity index (χ1v) is 15.6. The topological polar surface area (TPSA) is 60.9 Å². The van der Waals surface area contributed by atoms with Crippen molar-refractivity contribution in [1.29, 1.82) is 0 Å². The van der Waals surface area contributed by atoms with Gasteiger partial charge in [0.2, 0.25) is 5.91 Å². The fraction of sp³-hybridized carbons (Fsp3) is 0.562. The van der Waals surface area contributed by atoms with Crippen LogP contribution >= 0.6 is 23.2 Å². The number of carbonyl (C=O) groups excluding carboxylic acids is 2. The van der Waals surface area contributed by atoms with Crippen LogP contribution in [0.4, 0.5) is 13.2 Å². The molecule has 2 aromatic carbocycles. The molecule has 1 N–H and O–H groups in total. The summed E-state index contributed by atoms with van der Waals surface area (Å²) in [5, 5.41) is 10.5. The zero-order valence-electron chi connectivity index (χ0n) is 24.5. The minimum atomic E-state index is -4.19. The molecule has 2 aliphatic heterocycles. The third-order valence-corrected chi connectivity index (χ3v) is 8.99. The Kier molecular flexibility index (Phi) is 12.6. The van der Waals surface area contributed by atoms with E-state index in [1.54, 1.807) is 24.3 Å². The number of aliphatic hydroxyl groups is 1. The van der Waals surface area contributed by atoms with Crippen LogP contribution in [0.25, 0.3) is 11.1 Å². The molecule has 2 aromatic rings. The fourth-order valence-electron chi connectivity index (χ4n) is 5.63. The molecule has 0 unspecified atom stereocenters. The number of hydrogen-bond acceptors (Lipinski definition) is 3. The Morgan fingerprint density at radius 2 is 1.43 bits per heavy atom. The van der Waals surface area contributed by atoms with Gasteiger partial charge in [-0.15, -0.1) is 0 Å². The molecule has 2 heterocycles. The van der Waals surface area contributed by atoms with Gasteiger partial charge in [-0.2, -0.15) is 13.2 Å². The molecule has 2 amide bonds. The highest BCUT2D eigenvalue weighted by Crippen LogP contribution is 2.35. The Hall–Kier alpha value is -2.29. The molecule has 10 heteroatoms. The van der Waals surface area contributed by atoms with Gasteiger partial charge < -0.3 is 14.9 Å². The van der Waals surface area contributed by atoms with Crippen LogP contribution in [0.15, 0.2) is 36.4 Å². The van der Waals surface area contributed by atoms with Gasteiger partial charge in [0.1, 0.15) is 0 Å². The van der Waals surface area contributed by atoms with Crippen LogP contribution in [0, 0.1) is 12.8 Å². The van der Waals surface area contributed by atoms with Gasteiger partial charge in [-0.1, -0.05) is 49.2 Å². The van der Waals surface area contributed by atoms with Gasteiger partial charge in [0.15, 0.2) is 0 Å². The maximum Gasteiger partial charge on any atom is 0.391 e. The van der Waals surface area contributed by atoms with E-state index in [0.717, 1.165) is 61.8 Å². The molecule has 3 aliphatic rings. The number of carbonyl (C=O) groups is 2. The number of benzene rings is 2. The summed E-state index contributed by atoms with van der Waals surface area (Å²) in [6, 6.07) is 11.0. The lowest BCUT2D eigenvalue weighted by molar-refractivity contribution is -0.183. The monoisotopic (exact) mass is 628 g/mol. The molecule has 0 spiro atoms. The average Bonchev–Trinajstić information content (AvgIpc) is 3.42. The Morgan fingerprint density at radius 3 is 1.90 bits per heavy atom. The Labute approximate surface area is 257 Å².